The largest absolute Gasteiger partial charge is 0.311 e. The summed E-state index contributed by atoms with van der Waals surface area (Å²) in [5.41, 5.74) is 0. The summed E-state index contributed by atoms with van der Waals surface area (Å²) in [6, 6.07) is 5.11. The van der Waals surface area contributed by atoms with Crippen molar-refractivity contribution < 1.29 is 0 Å². The molecule has 176 valence electrons. The molecule has 0 aromatic carbocycles. The Kier molecular flexibility index (Phi) is 6.16. The molecule has 6 fully saturated rings. The van der Waals surface area contributed by atoms with Gasteiger partial charge in [0.2, 0.25) is 0 Å². The van der Waals surface area contributed by atoms with Gasteiger partial charge in [-0.25, -0.2) is 0 Å². The summed E-state index contributed by atoms with van der Waals surface area (Å²) in [6.07, 6.45) is 20.6. The first-order valence-electron chi connectivity index (χ1n) is 14.4. The second-order valence-corrected chi connectivity index (χ2v) is 13.2. The topological polar surface area (TPSA) is 36.1 Å². The van der Waals surface area contributed by atoms with Crippen molar-refractivity contribution in [3.63, 3.8) is 0 Å². The lowest BCUT2D eigenvalue weighted by Crippen LogP contribution is -2.42. The summed E-state index contributed by atoms with van der Waals surface area (Å²) in [5.74, 6) is 5.88. The van der Waals surface area contributed by atoms with Crippen LogP contribution in [0.1, 0.15) is 104 Å². The molecule has 3 heteroatoms. The lowest BCUT2D eigenvalue weighted by atomic mass is 9.76. The van der Waals surface area contributed by atoms with Crippen molar-refractivity contribution in [3.8, 4) is 0 Å². The molecule has 0 aromatic rings. The quantitative estimate of drug-likeness (QED) is 0.519. The number of rotatable bonds is 7. The fourth-order valence-electron chi connectivity index (χ4n) is 9.48. The van der Waals surface area contributed by atoms with E-state index in [1.807, 2.05) is 0 Å². The average molecular weight is 428 g/mol. The molecule has 6 saturated heterocycles. The second kappa shape index (κ2) is 8.91. The maximum absolute atomic E-state index is 4.06. The molecule has 0 spiro atoms. The van der Waals surface area contributed by atoms with Gasteiger partial charge in [0.1, 0.15) is 0 Å². The van der Waals surface area contributed by atoms with Crippen LogP contribution in [0, 0.1) is 35.5 Å². The van der Waals surface area contributed by atoms with Crippen LogP contribution < -0.4 is 16.0 Å². The molecule has 0 amide bonds. The molecule has 6 bridgehead atoms. The van der Waals surface area contributed by atoms with Gasteiger partial charge in [0.25, 0.3) is 0 Å². The van der Waals surface area contributed by atoms with Gasteiger partial charge in [-0.2, -0.15) is 0 Å². The number of fused-ring (bicyclic) bond motifs is 6. The van der Waals surface area contributed by atoms with Gasteiger partial charge in [-0.15, -0.1) is 0 Å². The molecule has 3 N–H and O–H groups in total. The van der Waals surface area contributed by atoms with Gasteiger partial charge < -0.3 is 16.0 Å². The van der Waals surface area contributed by atoms with Gasteiger partial charge in [0.05, 0.1) is 0 Å². The molecule has 0 radical (unpaired) electrons. The fraction of sp³-hybridized carbons (Fsp3) is 1.00. The number of hydrogen-bond acceptors (Lipinski definition) is 3. The van der Waals surface area contributed by atoms with Crippen LogP contribution in [-0.4, -0.2) is 36.3 Å². The molecule has 6 heterocycles. The third kappa shape index (κ3) is 4.50. The smallest absolute Gasteiger partial charge is 0.0101 e. The standard InChI is InChI=1S/C28H49N3/c1-3-18-9-25-15-22(27(12-18)30-25)8-17(2)21-14-26-13-20(28(16-21)31-26)5-4-19-10-23-6-7-24(11-19)29-23/h17-31H,3-16H2,1-2H3/t17?,18-,19?,20?,21+,22?,23-,24+,25-,26-,27+,28-/m0/s1. The van der Waals surface area contributed by atoms with E-state index in [4.69, 9.17) is 0 Å². The van der Waals surface area contributed by atoms with Crippen LogP contribution in [0.5, 0.6) is 0 Å². The Bertz CT molecular complexity index is 609. The van der Waals surface area contributed by atoms with Crippen molar-refractivity contribution in [3.05, 3.63) is 0 Å². The summed E-state index contributed by atoms with van der Waals surface area (Å²) < 4.78 is 0. The monoisotopic (exact) mass is 427 g/mol. The van der Waals surface area contributed by atoms with Crippen LogP contribution in [0.15, 0.2) is 0 Å². The fourth-order valence-corrected chi connectivity index (χ4v) is 9.48. The summed E-state index contributed by atoms with van der Waals surface area (Å²) in [7, 11) is 0. The second-order valence-electron chi connectivity index (χ2n) is 13.2. The van der Waals surface area contributed by atoms with Crippen LogP contribution in [0.2, 0.25) is 0 Å². The highest BCUT2D eigenvalue weighted by molar-refractivity contribution is 5.01. The van der Waals surface area contributed by atoms with Crippen molar-refractivity contribution >= 4 is 0 Å². The molecule has 31 heavy (non-hydrogen) atoms. The van der Waals surface area contributed by atoms with Gasteiger partial charge in [0, 0.05) is 36.3 Å². The Morgan fingerprint density at radius 2 is 1.32 bits per heavy atom. The SMILES string of the molecule is CC[C@H]1C[C@H]2CC(CC(C)[C@@H]3C[C@@H]4CC(CCC5C[C@H]6CC[C@@H](C5)N6)[C@H](C3)N4)[C@@H](C1)N2. The van der Waals surface area contributed by atoms with Gasteiger partial charge in [-0.05, 0) is 113 Å². The van der Waals surface area contributed by atoms with Gasteiger partial charge in [-0.3, -0.25) is 0 Å². The third-order valence-corrected chi connectivity index (χ3v) is 11.1. The lowest BCUT2D eigenvalue weighted by molar-refractivity contribution is 0.181. The van der Waals surface area contributed by atoms with Gasteiger partial charge in [-0.1, -0.05) is 26.7 Å². The Morgan fingerprint density at radius 1 is 0.645 bits per heavy atom. The summed E-state index contributed by atoms with van der Waals surface area (Å²) in [4.78, 5) is 0. The summed E-state index contributed by atoms with van der Waals surface area (Å²) >= 11 is 0. The molecular weight excluding hydrogens is 378 g/mol. The van der Waals surface area contributed by atoms with E-state index in [0.29, 0.717) is 0 Å². The Labute approximate surface area is 191 Å². The first-order chi connectivity index (χ1) is 15.1. The Balaban J connectivity index is 0.990. The van der Waals surface area contributed by atoms with Crippen LogP contribution in [-0.2, 0) is 0 Å². The molecule has 4 unspecified atom stereocenters. The molecule has 0 saturated carbocycles. The first kappa shape index (κ1) is 21.4. The molecule has 6 aliphatic heterocycles. The predicted octanol–water partition coefficient (Wildman–Crippen LogP) is 5.25. The number of piperidine rings is 3. The van der Waals surface area contributed by atoms with E-state index in [1.165, 1.54) is 89.9 Å². The minimum absolute atomic E-state index is 0.839. The zero-order valence-electron chi connectivity index (χ0n) is 20.3. The van der Waals surface area contributed by atoms with E-state index < -0.39 is 0 Å². The summed E-state index contributed by atoms with van der Waals surface area (Å²) in [5, 5.41) is 11.9. The van der Waals surface area contributed by atoms with E-state index in [-0.39, 0.29) is 0 Å². The van der Waals surface area contributed by atoms with Crippen molar-refractivity contribution in [2.45, 2.75) is 140 Å². The molecule has 0 aliphatic carbocycles. The Morgan fingerprint density at radius 3 is 2.10 bits per heavy atom. The van der Waals surface area contributed by atoms with Crippen LogP contribution in [0.25, 0.3) is 0 Å². The van der Waals surface area contributed by atoms with E-state index in [2.05, 4.69) is 29.8 Å². The summed E-state index contributed by atoms with van der Waals surface area (Å²) in [6.45, 7) is 5.03. The van der Waals surface area contributed by atoms with E-state index in [1.54, 1.807) is 0 Å². The minimum Gasteiger partial charge on any atom is -0.311 e. The predicted molar refractivity (Wildman–Crippen MR) is 129 cm³/mol. The normalized spacial score (nSPS) is 51.9. The zero-order valence-corrected chi connectivity index (χ0v) is 20.3. The van der Waals surface area contributed by atoms with Crippen LogP contribution >= 0.6 is 0 Å². The number of hydrogen-bond donors (Lipinski definition) is 3. The highest BCUT2D eigenvalue weighted by Gasteiger charge is 2.44. The average Bonchev–Trinajstić information content (AvgIpc) is 3.37. The van der Waals surface area contributed by atoms with Crippen molar-refractivity contribution in [1.82, 2.24) is 16.0 Å². The van der Waals surface area contributed by atoms with Gasteiger partial charge >= 0.3 is 0 Å². The van der Waals surface area contributed by atoms with Crippen molar-refractivity contribution in [2.75, 3.05) is 0 Å². The molecule has 6 rings (SSSR count). The highest BCUT2D eigenvalue weighted by Crippen LogP contribution is 2.45. The van der Waals surface area contributed by atoms with E-state index in [0.717, 1.165) is 71.8 Å². The van der Waals surface area contributed by atoms with Crippen LogP contribution in [0.3, 0.4) is 0 Å². The first-order valence-corrected chi connectivity index (χ1v) is 14.4. The van der Waals surface area contributed by atoms with Gasteiger partial charge in [0.15, 0.2) is 0 Å². The van der Waals surface area contributed by atoms with Crippen LogP contribution in [0.4, 0.5) is 0 Å². The molecule has 0 aromatic heterocycles. The third-order valence-electron chi connectivity index (χ3n) is 11.1. The molecule has 12 atom stereocenters. The highest BCUT2D eigenvalue weighted by atomic mass is 15.0. The van der Waals surface area contributed by atoms with E-state index >= 15 is 0 Å². The molecular formula is C28H49N3. The van der Waals surface area contributed by atoms with Crippen molar-refractivity contribution in [2.24, 2.45) is 35.5 Å². The molecule has 3 nitrogen and oxygen atoms in total. The maximum Gasteiger partial charge on any atom is 0.0101 e. The minimum atomic E-state index is 0.839. The molecule has 6 aliphatic rings. The van der Waals surface area contributed by atoms with Crippen molar-refractivity contribution in [1.29, 1.82) is 0 Å². The van der Waals surface area contributed by atoms with E-state index in [9.17, 15) is 0 Å². The number of nitrogens with one attached hydrogen (secondary N) is 3. The maximum atomic E-state index is 4.06. The Hall–Kier alpha value is -0.120. The zero-order chi connectivity index (χ0) is 20.9. The lowest BCUT2D eigenvalue weighted by Gasteiger charge is -2.36.